The maximum atomic E-state index is 12.4. The third kappa shape index (κ3) is 5.52. The highest BCUT2D eigenvalue weighted by atomic mass is 16.5. The van der Waals surface area contributed by atoms with Crippen molar-refractivity contribution in [3.63, 3.8) is 0 Å². The summed E-state index contributed by atoms with van der Waals surface area (Å²) in [7, 11) is 3.12. The Hall–Kier alpha value is -3.46. The van der Waals surface area contributed by atoms with E-state index in [1.165, 1.54) is 11.8 Å². The van der Waals surface area contributed by atoms with Crippen LogP contribution >= 0.6 is 0 Å². The number of amides is 1. The molecule has 0 saturated heterocycles. The molecule has 1 amide bonds. The lowest BCUT2D eigenvalue weighted by Gasteiger charge is -2.16. The van der Waals surface area contributed by atoms with Gasteiger partial charge in [-0.15, -0.1) is 0 Å². The second-order valence-electron chi connectivity index (χ2n) is 6.35. The minimum atomic E-state index is -0.443. The summed E-state index contributed by atoms with van der Waals surface area (Å²) in [5.74, 6) is 0.751. The number of ether oxygens (including phenoxy) is 2. The van der Waals surface area contributed by atoms with Crippen LogP contribution < -0.4 is 20.1 Å². The lowest BCUT2D eigenvalue weighted by atomic mass is 10.1. The number of aryl methyl sites for hydroxylation is 1. The number of nitrogens with one attached hydrogen (secondary N) is 2. The third-order valence-corrected chi connectivity index (χ3v) is 4.29. The Morgan fingerprint density at radius 1 is 1.14 bits per heavy atom. The zero-order valence-electron chi connectivity index (χ0n) is 16.6. The lowest BCUT2D eigenvalue weighted by molar-refractivity contribution is -0.117. The van der Waals surface area contributed by atoms with E-state index in [1.54, 1.807) is 26.4 Å². The molecule has 0 aromatic heterocycles. The summed E-state index contributed by atoms with van der Waals surface area (Å²) in [5.41, 5.74) is 3.11. The van der Waals surface area contributed by atoms with E-state index in [9.17, 15) is 10.1 Å². The van der Waals surface area contributed by atoms with Gasteiger partial charge < -0.3 is 20.1 Å². The fourth-order valence-corrected chi connectivity index (χ4v) is 2.61. The predicted molar refractivity (Wildman–Crippen MR) is 108 cm³/mol. The molecule has 1 atom stereocenters. The first kappa shape index (κ1) is 20.8. The van der Waals surface area contributed by atoms with Gasteiger partial charge in [0.15, 0.2) is 11.5 Å². The van der Waals surface area contributed by atoms with Crippen LogP contribution in [0.5, 0.6) is 11.5 Å². The molecule has 2 aromatic rings. The van der Waals surface area contributed by atoms with E-state index >= 15 is 0 Å². The average molecular weight is 379 g/mol. The first-order valence-electron chi connectivity index (χ1n) is 8.90. The van der Waals surface area contributed by atoms with Crippen LogP contribution in [0.15, 0.2) is 54.2 Å². The number of methoxy groups -OCH3 is 2. The fraction of sp³-hybridized carbons (Fsp3) is 0.273. The number of carbonyl (C=O) groups is 1. The summed E-state index contributed by atoms with van der Waals surface area (Å²) in [6.45, 7) is 4.40. The molecule has 0 radical (unpaired) electrons. The molecule has 2 aromatic carbocycles. The highest BCUT2D eigenvalue weighted by Gasteiger charge is 2.15. The monoisotopic (exact) mass is 379 g/mol. The molecule has 0 aliphatic heterocycles. The van der Waals surface area contributed by atoms with Gasteiger partial charge in [0.2, 0.25) is 0 Å². The Balaban J connectivity index is 2.00. The molecule has 1 unspecified atom stereocenters. The molecule has 0 bridgehead atoms. The Kier molecular flexibility index (Phi) is 7.46. The molecule has 6 heteroatoms. The Labute approximate surface area is 165 Å². The molecule has 0 heterocycles. The van der Waals surface area contributed by atoms with Crippen molar-refractivity contribution in [3.8, 4) is 17.6 Å². The van der Waals surface area contributed by atoms with E-state index in [4.69, 9.17) is 9.47 Å². The van der Waals surface area contributed by atoms with E-state index in [0.29, 0.717) is 18.0 Å². The smallest absolute Gasteiger partial charge is 0.263 e. The van der Waals surface area contributed by atoms with Crippen LogP contribution in [0, 0.1) is 18.3 Å². The van der Waals surface area contributed by atoms with Crippen LogP contribution in [-0.4, -0.2) is 20.1 Å². The Bertz CT molecular complexity index is 883. The Morgan fingerprint density at radius 3 is 2.43 bits per heavy atom. The molecule has 6 nitrogen and oxygen atoms in total. The van der Waals surface area contributed by atoms with E-state index in [0.717, 1.165) is 11.1 Å². The molecular weight excluding hydrogens is 354 g/mol. The number of nitrogens with zero attached hydrogens (tertiary/aromatic N) is 1. The van der Waals surface area contributed by atoms with Gasteiger partial charge in [0.25, 0.3) is 5.91 Å². The number of benzene rings is 2. The van der Waals surface area contributed by atoms with Crippen molar-refractivity contribution < 1.29 is 14.3 Å². The Morgan fingerprint density at radius 2 is 1.82 bits per heavy atom. The topological polar surface area (TPSA) is 83.4 Å². The van der Waals surface area contributed by atoms with Gasteiger partial charge in [-0.3, -0.25) is 4.79 Å². The van der Waals surface area contributed by atoms with Crippen molar-refractivity contribution in [2.75, 3.05) is 14.2 Å². The summed E-state index contributed by atoms with van der Waals surface area (Å²) >= 11 is 0. The van der Waals surface area contributed by atoms with Crippen LogP contribution in [0.25, 0.3) is 0 Å². The first-order chi connectivity index (χ1) is 13.5. The molecule has 0 aliphatic carbocycles. The van der Waals surface area contributed by atoms with E-state index in [-0.39, 0.29) is 11.6 Å². The van der Waals surface area contributed by atoms with Gasteiger partial charge in [0.05, 0.1) is 20.3 Å². The quantitative estimate of drug-likeness (QED) is 0.543. The number of rotatable bonds is 8. The third-order valence-electron chi connectivity index (χ3n) is 4.29. The van der Waals surface area contributed by atoms with Gasteiger partial charge in [-0.05, 0) is 37.1 Å². The predicted octanol–water partition coefficient (Wildman–Crippen LogP) is 3.39. The highest BCUT2D eigenvalue weighted by molar-refractivity contribution is 5.97. The van der Waals surface area contributed by atoms with E-state index in [1.807, 2.05) is 50.2 Å². The summed E-state index contributed by atoms with van der Waals surface area (Å²) in [4.78, 5) is 12.4. The van der Waals surface area contributed by atoms with Gasteiger partial charge in [0.1, 0.15) is 11.6 Å². The second kappa shape index (κ2) is 10.0. The largest absolute Gasteiger partial charge is 0.493 e. The molecule has 0 fully saturated rings. The molecule has 2 N–H and O–H groups in total. The average Bonchev–Trinajstić information content (AvgIpc) is 2.71. The molecule has 28 heavy (non-hydrogen) atoms. The normalized spacial score (nSPS) is 11.9. The number of hydrogen-bond donors (Lipinski definition) is 2. The lowest BCUT2D eigenvalue weighted by Crippen LogP contribution is -2.28. The summed E-state index contributed by atoms with van der Waals surface area (Å²) in [6.07, 6.45) is 1.44. The SMILES string of the molecule is COc1ccc(C(C)NC(=O)/C(C#N)=C\NCc2ccc(C)cc2)cc1OC. The first-order valence-corrected chi connectivity index (χ1v) is 8.90. The van der Waals surface area contributed by atoms with Gasteiger partial charge >= 0.3 is 0 Å². The maximum Gasteiger partial charge on any atom is 0.263 e. The summed E-state index contributed by atoms with van der Waals surface area (Å²) in [6, 6.07) is 15.1. The number of carbonyl (C=O) groups excluding carboxylic acids is 1. The summed E-state index contributed by atoms with van der Waals surface area (Å²) in [5, 5.41) is 15.2. The number of hydrogen-bond acceptors (Lipinski definition) is 5. The van der Waals surface area contributed by atoms with Crippen LogP contribution in [0.1, 0.15) is 29.7 Å². The standard InChI is InChI=1S/C22H25N3O3/c1-15-5-7-17(8-6-15)13-24-14-19(12-23)22(26)25-16(2)18-9-10-20(27-3)21(11-18)28-4/h5-11,14,16,24H,13H2,1-4H3,(H,25,26)/b19-14-. The van der Waals surface area contributed by atoms with Crippen molar-refractivity contribution >= 4 is 5.91 Å². The summed E-state index contributed by atoms with van der Waals surface area (Å²) < 4.78 is 10.5. The van der Waals surface area contributed by atoms with Gasteiger partial charge in [-0.2, -0.15) is 5.26 Å². The van der Waals surface area contributed by atoms with Crippen molar-refractivity contribution in [1.29, 1.82) is 5.26 Å². The van der Waals surface area contributed by atoms with Crippen LogP contribution in [0.2, 0.25) is 0 Å². The zero-order chi connectivity index (χ0) is 20.5. The van der Waals surface area contributed by atoms with Crippen LogP contribution in [-0.2, 0) is 11.3 Å². The molecular formula is C22H25N3O3. The van der Waals surface area contributed by atoms with Gasteiger partial charge in [-0.25, -0.2) is 0 Å². The minimum Gasteiger partial charge on any atom is -0.493 e. The molecule has 146 valence electrons. The van der Waals surface area contributed by atoms with Crippen molar-refractivity contribution in [2.45, 2.75) is 26.4 Å². The van der Waals surface area contributed by atoms with Gasteiger partial charge in [-0.1, -0.05) is 35.9 Å². The van der Waals surface area contributed by atoms with Crippen molar-refractivity contribution in [3.05, 3.63) is 70.9 Å². The van der Waals surface area contributed by atoms with Gasteiger partial charge in [0, 0.05) is 12.7 Å². The highest BCUT2D eigenvalue weighted by Crippen LogP contribution is 2.29. The van der Waals surface area contributed by atoms with Crippen molar-refractivity contribution in [1.82, 2.24) is 10.6 Å². The minimum absolute atomic E-state index is 0.0134. The molecule has 0 spiro atoms. The molecule has 0 aliphatic rings. The number of nitriles is 1. The van der Waals surface area contributed by atoms with Crippen molar-refractivity contribution in [2.24, 2.45) is 0 Å². The van der Waals surface area contributed by atoms with E-state index in [2.05, 4.69) is 10.6 Å². The van der Waals surface area contributed by atoms with Crippen LogP contribution in [0.4, 0.5) is 0 Å². The fourth-order valence-electron chi connectivity index (χ4n) is 2.61. The molecule has 2 rings (SSSR count). The second-order valence-corrected chi connectivity index (χ2v) is 6.35. The zero-order valence-corrected chi connectivity index (χ0v) is 16.6. The van der Waals surface area contributed by atoms with E-state index < -0.39 is 5.91 Å². The maximum absolute atomic E-state index is 12.4. The van der Waals surface area contributed by atoms with Crippen LogP contribution in [0.3, 0.4) is 0 Å². The molecule has 0 saturated carbocycles.